The van der Waals surface area contributed by atoms with E-state index in [2.05, 4.69) is 10.3 Å². The Hall–Kier alpha value is -1.59. The maximum absolute atomic E-state index is 13.3. The zero-order valence-electron chi connectivity index (χ0n) is 10.2. The van der Waals surface area contributed by atoms with Crippen LogP contribution in [0.2, 0.25) is 5.02 Å². The quantitative estimate of drug-likeness (QED) is 0.788. The summed E-state index contributed by atoms with van der Waals surface area (Å²) in [6.07, 6.45) is 1.99. The second kappa shape index (κ2) is 4.83. The summed E-state index contributed by atoms with van der Waals surface area (Å²) in [5, 5.41) is 5.31. The van der Waals surface area contributed by atoms with Crippen molar-refractivity contribution in [1.82, 2.24) is 9.38 Å². The van der Waals surface area contributed by atoms with Crippen molar-refractivity contribution in [3.63, 3.8) is 0 Å². The highest BCUT2D eigenvalue weighted by molar-refractivity contribution is 7.15. The van der Waals surface area contributed by atoms with Crippen molar-refractivity contribution >= 4 is 33.6 Å². The van der Waals surface area contributed by atoms with Gasteiger partial charge in [0.2, 0.25) is 0 Å². The minimum atomic E-state index is -0.419. The highest BCUT2D eigenvalue weighted by atomic mass is 35.5. The molecule has 3 rings (SSSR count). The minimum Gasteiger partial charge on any atom is -0.379 e. The number of aryl methyl sites for hydroxylation is 1. The van der Waals surface area contributed by atoms with Gasteiger partial charge in [-0.2, -0.15) is 0 Å². The molecule has 0 bridgehead atoms. The molecule has 3 aromatic rings. The number of halogens is 2. The Kier molecular flexibility index (Phi) is 3.16. The number of rotatable bonds is 3. The zero-order valence-corrected chi connectivity index (χ0v) is 11.7. The van der Waals surface area contributed by atoms with Crippen LogP contribution in [0.25, 0.3) is 4.96 Å². The first kappa shape index (κ1) is 12.4. The normalized spacial score (nSPS) is 11.1. The van der Waals surface area contributed by atoms with E-state index in [9.17, 15) is 4.39 Å². The summed E-state index contributed by atoms with van der Waals surface area (Å²) in [6, 6.07) is 4.69. The molecule has 0 saturated heterocycles. The maximum Gasteiger partial charge on any atom is 0.194 e. The minimum absolute atomic E-state index is 0.131. The van der Waals surface area contributed by atoms with Gasteiger partial charge in [-0.3, -0.25) is 4.40 Å². The van der Waals surface area contributed by atoms with E-state index < -0.39 is 5.82 Å². The predicted octanol–water partition coefficient (Wildman–Crippen LogP) is 4.11. The fourth-order valence-electron chi connectivity index (χ4n) is 1.95. The lowest BCUT2D eigenvalue weighted by molar-refractivity contribution is 0.628. The van der Waals surface area contributed by atoms with Gasteiger partial charge < -0.3 is 5.32 Å². The Morgan fingerprint density at radius 2 is 2.32 bits per heavy atom. The second-order valence-electron chi connectivity index (χ2n) is 4.18. The van der Waals surface area contributed by atoms with Gasteiger partial charge in [0.25, 0.3) is 0 Å². The molecular weight excluding hydrogens is 285 g/mol. The van der Waals surface area contributed by atoms with Crippen LogP contribution in [0.1, 0.15) is 11.4 Å². The number of fused-ring (bicyclic) bond motifs is 1. The van der Waals surface area contributed by atoms with Crippen LogP contribution in [-0.4, -0.2) is 9.38 Å². The number of imidazole rings is 1. The van der Waals surface area contributed by atoms with Crippen LogP contribution in [-0.2, 0) is 6.54 Å². The van der Waals surface area contributed by atoms with Crippen molar-refractivity contribution in [2.45, 2.75) is 13.5 Å². The number of nitrogens with zero attached hydrogens (tertiary/aromatic N) is 2. The van der Waals surface area contributed by atoms with Crippen molar-refractivity contribution in [2.24, 2.45) is 0 Å². The van der Waals surface area contributed by atoms with Crippen LogP contribution >= 0.6 is 22.9 Å². The van der Waals surface area contributed by atoms with E-state index in [1.165, 1.54) is 6.07 Å². The summed E-state index contributed by atoms with van der Waals surface area (Å²) in [4.78, 5) is 5.43. The molecule has 0 radical (unpaired) electrons. The molecule has 0 aliphatic carbocycles. The molecule has 0 fully saturated rings. The van der Waals surface area contributed by atoms with Crippen molar-refractivity contribution in [3.8, 4) is 0 Å². The summed E-state index contributed by atoms with van der Waals surface area (Å²) in [5.74, 6) is -0.419. The van der Waals surface area contributed by atoms with Crippen LogP contribution in [0.4, 0.5) is 10.1 Å². The van der Waals surface area contributed by atoms with Gasteiger partial charge in [-0.05, 0) is 25.1 Å². The van der Waals surface area contributed by atoms with Gasteiger partial charge in [-0.15, -0.1) is 11.3 Å². The molecule has 0 unspecified atom stereocenters. The molecule has 0 amide bonds. The molecule has 0 atom stereocenters. The number of anilines is 1. The fraction of sp³-hybridized carbons (Fsp3) is 0.154. The highest BCUT2D eigenvalue weighted by Gasteiger charge is 2.09. The standard InChI is InChI=1S/C13H11ClFN3S/c1-8-12(18-4-5-19-13(18)17-8)7-16-9-2-3-10(14)11(15)6-9/h2-6,16H,7H2,1H3. The van der Waals surface area contributed by atoms with Gasteiger partial charge in [0, 0.05) is 17.3 Å². The van der Waals surface area contributed by atoms with E-state index >= 15 is 0 Å². The number of hydrogen-bond acceptors (Lipinski definition) is 3. The van der Waals surface area contributed by atoms with E-state index in [0.29, 0.717) is 12.2 Å². The van der Waals surface area contributed by atoms with E-state index in [1.54, 1.807) is 23.5 Å². The first-order valence-electron chi connectivity index (χ1n) is 5.75. The average molecular weight is 296 g/mol. The lowest BCUT2D eigenvalue weighted by Gasteiger charge is -2.07. The summed E-state index contributed by atoms with van der Waals surface area (Å²) >= 11 is 7.25. The summed E-state index contributed by atoms with van der Waals surface area (Å²) in [7, 11) is 0. The molecule has 2 aromatic heterocycles. The van der Waals surface area contributed by atoms with E-state index in [-0.39, 0.29) is 5.02 Å². The Bertz CT molecular complexity index is 735. The van der Waals surface area contributed by atoms with Crippen LogP contribution < -0.4 is 5.32 Å². The van der Waals surface area contributed by atoms with Crippen molar-refractivity contribution < 1.29 is 4.39 Å². The van der Waals surface area contributed by atoms with E-state index in [1.807, 2.05) is 22.9 Å². The van der Waals surface area contributed by atoms with Gasteiger partial charge >= 0.3 is 0 Å². The Morgan fingerprint density at radius 1 is 1.47 bits per heavy atom. The molecule has 1 N–H and O–H groups in total. The largest absolute Gasteiger partial charge is 0.379 e. The Balaban J connectivity index is 1.83. The first-order valence-corrected chi connectivity index (χ1v) is 7.01. The number of thiazole rings is 1. The zero-order chi connectivity index (χ0) is 13.4. The van der Waals surface area contributed by atoms with Gasteiger partial charge in [0.1, 0.15) is 5.82 Å². The first-order chi connectivity index (χ1) is 9.15. The number of aromatic nitrogens is 2. The molecule has 3 nitrogen and oxygen atoms in total. The van der Waals surface area contributed by atoms with Crippen LogP contribution in [0, 0.1) is 12.7 Å². The topological polar surface area (TPSA) is 29.3 Å². The van der Waals surface area contributed by atoms with Crippen LogP contribution in [0.3, 0.4) is 0 Å². The SMILES string of the molecule is Cc1nc2sccn2c1CNc1ccc(Cl)c(F)c1. The fourth-order valence-corrected chi connectivity index (χ4v) is 2.84. The molecule has 1 aromatic carbocycles. The van der Waals surface area contributed by atoms with Gasteiger partial charge in [0.15, 0.2) is 4.96 Å². The predicted molar refractivity (Wildman–Crippen MR) is 76.5 cm³/mol. The van der Waals surface area contributed by atoms with Crippen molar-refractivity contribution in [1.29, 1.82) is 0 Å². The summed E-state index contributed by atoms with van der Waals surface area (Å²) in [5.41, 5.74) is 2.76. The van der Waals surface area contributed by atoms with E-state index in [0.717, 1.165) is 16.3 Å². The lowest BCUT2D eigenvalue weighted by Crippen LogP contribution is -2.03. The molecule has 19 heavy (non-hydrogen) atoms. The third-order valence-corrected chi connectivity index (χ3v) is 4.00. The molecule has 98 valence electrons. The van der Waals surface area contributed by atoms with Gasteiger partial charge in [-0.25, -0.2) is 9.37 Å². The maximum atomic E-state index is 13.3. The highest BCUT2D eigenvalue weighted by Crippen LogP contribution is 2.21. The number of benzene rings is 1. The summed E-state index contributed by atoms with van der Waals surface area (Å²) in [6.45, 7) is 2.56. The van der Waals surface area contributed by atoms with Crippen LogP contribution in [0.15, 0.2) is 29.8 Å². The van der Waals surface area contributed by atoms with Gasteiger partial charge in [-0.1, -0.05) is 11.6 Å². The third-order valence-electron chi connectivity index (χ3n) is 2.94. The second-order valence-corrected chi connectivity index (χ2v) is 5.46. The molecule has 0 spiro atoms. The van der Waals surface area contributed by atoms with Crippen LogP contribution in [0.5, 0.6) is 0 Å². The molecule has 2 heterocycles. The third kappa shape index (κ3) is 2.31. The Labute approximate surface area is 118 Å². The molecule has 0 aliphatic rings. The molecule has 0 aliphatic heterocycles. The average Bonchev–Trinajstić information content (AvgIpc) is 2.92. The molecule has 6 heteroatoms. The molecule has 0 saturated carbocycles. The number of hydrogen-bond donors (Lipinski definition) is 1. The van der Waals surface area contributed by atoms with E-state index in [4.69, 9.17) is 11.6 Å². The molecular formula is C13H11ClFN3S. The Morgan fingerprint density at radius 3 is 3.11 bits per heavy atom. The van der Waals surface area contributed by atoms with Crippen molar-refractivity contribution in [2.75, 3.05) is 5.32 Å². The van der Waals surface area contributed by atoms with Crippen molar-refractivity contribution in [3.05, 3.63) is 52.0 Å². The van der Waals surface area contributed by atoms with Gasteiger partial charge in [0.05, 0.1) is 23.0 Å². The monoisotopic (exact) mass is 295 g/mol. The smallest absolute Gasteiger partial charge is 0.194 e. The summed E-state index contributed by atoms with van der Waals surface area (Å²) < 4.78 is 15.4. The number of nitrogens with one attached hydrogen (secondary N) is 1. The lowest BCUT2D eigenvalue weighted by atomic mass is 10.3.